The first-order chi connectivity index (χ1) is 9.62. The predicted molar refractivity (Wildman–Crippen MR) is 78.3 cm³/mol. The van der Waals surface area contributed by atoms with Gasteiger partial charge in [0, 0.05) is 24.3 Å². The van der Waals surface area contributed by atoms with Gasteiger partial charge in [0.05, 0.1) is 6.61 Å². The van der Waals surface area contributed by atoms with Crippen LogP contribution in [0.25, 0.3) is 0 Å². The van der Waals surface area contributed by atoms with E-state index in [0.29, 0.717) is 5.92 Å². The molecule has 20 heavy (non-hydrogen) atoms. The fraction of sp³-hybridized carbons (Fsp3) is 0.625. The van der Waals surface area contributed by atoms with Gasteiger partial charge in [-0.15, -0.1) is 0 Å². The van der Waals surface area contributed by atoms with Gasteiger partial charge in [-0.25, -0.2) is 4.39 Å². The van der Waals surface area contributed by atoms with Crippen molar-refractivity contribution in [3.8, 4) is 0 Å². The van der Waals surface area contributed by atoms with Crippen molar-refractivity contribution >= 4 is 5.69 Å². The molecule has 0 spiro atoms. The topological polar surface area (TPSA) is 49.5 Å². The van der Waals surface area contributed by atoms with Gasteiger partial charge in [0.25, 0.3) is 0 Å². The molecule has 1 fully saturated rings. The molecule has 0 bridgehead atoms. The lowest BCUT2D eigenvalue weighted by Crippen LogP contribution is -2.47. The van der Waals surface area contributed by atoms with Crippen molar-refractivity contribution in [2.75, 3.05) is 24.6 Å². The minimum absolute atomic E-state index is 0.0723. The highest BCUT2D eigenvalue weighted by molar-refractivity contribution is 5.58. The molecule has 4 heteroatoms. The van der Waals surface area contributed by atoms with E-state index in [-0.39, 0.29) is 12.4 Å². The highest BCUT2D eigenvalue weighted by Gasteiger charge is 2.38. The normalized spacial score (nSPS) is 28.9. The van der Waals surface area contributed by atoms with Crippen LogP contribution in [0, 0.1) is 11.7 Å². The first kappa shape index (κ1) is 13.8. The average molecular weight is 278 g/mol. The third-order valence-corrected chi connectivity index (χ3v) is 5.09. The maximum atomic E-state index is 13.4. The zero-order valence-electron chi connectivity index (χ0n) is 11.8. The van der Waals surface area contributed by atoms with Gasteiger partial charge in [-0.1, -0.05) is 12.5 Å². The van der Waals surface area contributed by atoms with Crippen LogP contribution in [-0.4, -0.2) is 30.3 Å². The summed E-state index contributed by atoms with van der Waals surface area (Å²) in [6, 6.07) is 5.07. The maximum Gasteiger partial charge on any atom is 0.125 e. The SMILES string of the molecule is NC1(CO)CCCC1CCN1CCc2ccc(F)cc21. The molecular formula is C16H23FN2O. The fourth-order valence-corrected chi connectivity index (χ4v) is 3.77. The number of benzene rings is 1. The molecule has 110 valence electrons. The third kappa shape index (κ3) is 2.42. The smallest absolute Gasteiger partial charge is 0.125 e. The summed E-state index contributed by atoms with van der Waals surface area (Å²) in [5.74, 6) is 0.213. The van der Waals surface area contributed by atoms with E-state index in [1.54, 1.807) is 6.07 Å². The number of halogens is 1. The predicted octanol–water partition coefficient (Wildman–Crippen LogP) is 2.07. The number of hydrogen-bond acceptors (Lipinski definition) is 3. The van der Waals surface area contributed by atoms with Crippen LogP contribution in [-0.2, 0) is 6.42 Å². The van der Waals surface area contributed by atoms with Crippen LogP contribution in [0.5, 0.6) is 0 Å². The Morgan fingerprint density at radius 2 is 2.30 bits per heavy atom. The molecule has 1 saturated carbocycles. The summed E-state index contributed by atoms with van der Waals surface area (Å²) < 4.78 is 13.4. The highest BCUT2D eigenvalue weighted by atomic mass is 19.1. The molecule has 3 N–H and O–H groups in total. The van der Waals surface area contributed by atoms with Gasteiger partial charge in [-0.2, -0.15) is 0 Å². The van der Waals surface area contributed by atoms with E-state index in [2.05, 4.69) is 4.90 Å². The molecule has 2 atom stereocenters. The molecule has 0 amide bonds. The van der Waals surface area contributed by atoms with Crippen molar-refractivity contribution in [1.82, 2.24) is 0 Å². The van der Waals surface area contributed by atoms with Gasteiger partial charge in [-0.05, 0) is 49.3 Å². The van der Waals surface area contributed by atoms with Crippen molar-refractivity contribution in [3.05, 3.63) is 29.6 Å². The van der Waals surface area contributed by atoms with E-state index in [1.165, 1.54) is 11.6 Å². The largest absolute Gasteiger partial charge is 0.394 e. The molecule has 2 aliphatic rings. The van der Waals surface area contributed by atoms with E-state index in [1.807, 2.05) is 6.07 Å². The molecule has 3 rings (SSSR count). The molecule has 1 aliphatic heterocycles. The molecule has 2 unspecified atom stereocenters. The molecular weight excluding hydrogens is 255 g/mol. The molecule has 1 aromatic carbocycles. The summed E-state index contributed by atoms with van der Waals surface area (Å²) in [5, 5.41) is 9.49. The summed E-state index contributed by atoms with van der Waals surface area (Å²) in [6.45, 7) is 1.94. The van der Waals surface area contributed by atoms with E-state index in [9.17, 15) is 9.50 Å². The molecule has 0 aromatic heterocycles. The van der Waals surface area contributed by atoms with Crippen molar-refractivity contribution in [2.24, 2.45) is 11.7 Å². The Morgan fingerprint density at radius 3 is 3.10 bits per heavy atom. The minimum Gasteiger partial charge on any atom is -0.394 e. The van der Waals surface area contributed by atoms with Gasteiger partial charge in [0.15, 0.2) is 0 Å². The van der Waals surface area contributed by atoms with E-state index in [0.717, 1.165) is 50.9 Å². The molecule has 3 nitrogen and oxygen atoms in total. The quantitative estimate of drug-likeness (QED) is 0.886. The first-order valence-electron chi connectivity index (χ1n) is 7.55. The molecule has 0 saturated heterocycles. The van der Waals surface area contributed by atoms with Crippen LogP contribution in [0.1, 0.15) is 31.2 Å². The molecule has 1 heterocycles. The Kier molecular flexibility index (Phi) is 3.69. The zero-order valence-corrected chi connectivity index (χ0v) is 11.8. The second-order valence-electron chi connectivity index (χ2n) is 6.28. The summed E-state index contributed by atoms with van der Waals surface area (Å²) in [4.78, 5) is 2.26. The Bertz CT molecular complexity index is 493. The number of nitrogens with zero attached hydrogens (tertiary/aromatic N) is 1. The minimum atomic E-state index is -0.398. The second kappa shape index (κ2) is 5.34. The number of fused-ring (bicyclic) bond motifs is 1. The number of aliphatic hydroxyl groups is 1. The van der Waals surface area contributed by atoms with Crippen molar-refractivity contribution < 1.29 is 9.50 Å². The van der Waals surface area contributed by atoms with E-state index >= 15 is 0 Å². The number of hydrogen-bond donors (Lipinski definition) is 2. The van der Waals surface area contributed by atoms with Crippen LogP contribution >= 0.6 is 0 Å². The summed E-state index contributed by atoms with van der Waals surface area (Å²) in [7, 11) is 0. The van der Waals surface area contributed by atoms with Crippen molar-refractivity contribution in [2.45, 2.75) is 37.6 Å². The number of rotatable bonds is 4. The second-order valence-corrected chi connectivity index (χ2v) is 6.28. The van der Waals surface area contributed by atoms with Crippen molar-refractivity contribution in [1.29, 1.82) is 0 Å². The third-order valence-electron chi connectivity index (χ3n) is 5.09. The van der Waals surface area contributed by atoms with Gasteiger partial charge >= 0.3 is 0 Å². The van der Waals surface area contributed by atoms with Gasteiger partial charge in [-0.3, -0.25) is 0 Å². The lowest BCUT2D eigenvalue weighted by Gasteiger charge is -2.31. The van der Waals surface area contributed by atoms with Crippen LogP contribution in [0.4, 0.5) is 10.1 Å². The fourth-order valence-electron chi connectivity index (χ4n) is 3.77. The Labute approximate surface area is 119 Å². The van der Waals surface area contributed by atoms with Crippen molar-refractivity contribution in [3.63, 3.8) is 0 Å². The lowest BCUT2D eigenvalue weighted by molar-refractivity contribution is 0.156. The summed E-state index contributed by atoms with van der Waals surface area (Å²) in [6.07, 6.45) is 5.09. The van der Waals surface area contributed by atoms with Gasteiger partial charge in [0.2, 0.25) is 0 Å². The van der Waals surface area contributed by atoms with Gasteiger partial charge < -0.3 is 15.7 Å². The molecule has 1 aliphatic carbocycles. The van der Waals surface area contributed by atoms with Crippen LogP contribution < -0.4 is 10.6 Å². The number of aliphatic hydroxyl groups excluding tert-OH is 1. The highest BCUT2D eigenvalue weighted by Crippen LogP contribution is 2.37. The maximum absolute atomic E-state index is 13.4. The number of anilines is 1. The van der Waals surface area contributed by atoms with E-state index in [4.69, 9.17) is 5.73 Å². The number of nitrogens with two attached hydrogens (primary N) is 1. The van der Waals surface area contributed by atoms with Crippen LogP contribution in [0.15, 0.2) is 18.2 Å². The lowest BCUT2D eigenvalue weighted by atomic mass is 9.86. The standard InChI is InChI=1S/C16H23FN2O/c17-14-4-3-12-5-8-19(15(12)10-14)9-6-13-2-1-7-16(13,18)11-20/h3-4,10,13,20H,1-2,5-9,11,18H2. The monoisotopic (exact) mass is 278 g/mol. The Morgan fingerprint density at radius 1 is 1.45 bits per heavy atom. The first-order valence-corrected chi connectivity index (χ1v) is 7.55. The molecule has 1 aromatic rings. The Hall–Kier alpha value is -1.13. The van der Waals surface area contributed by atoms with Gasteiger partial charge in [0.1, 0.15) is 5.82 Å². The molecule has 0 radical (unpaired) electrons. The Balaban J connectivity index is 1.65. The van der Waals surface area contributed by atoms with E-state index < -0.39 is 5.54 Å². The summed E-state index contributed by atoms with van der Waals surface area (Å²) >= 11 is 0. The van der Waals surface area contributed by atoms with Crippen LogP contribution in [0.2, 0.25) is 0 Å². The van der Waals surface area contributed by atoms with Crippen LogP contribution in [0.3, 0.4) is 0 Å². The summed E-state index contributed by atoms with van der Waals surface area (Å²) in [5.41, 5.74) is 8.15. The zero-order chi connectivity index (χ0) is 14.2. The average Bonchev–Trinajstić information content (AvgIpc) is 3.01.